The molecule has 4 heteroatoms. The molecule has 2 fully saturated rings. The second-order valence-corrected chi connectivity index (χ2v) is 6.63. The maximum absolute atomic E-state index is 5.97. The number of nitrogens with one attached hydrogen (secondary N) is 1. The van der Waals surface area contributed by atoms with E-state index in [1.54, 1.807) is 0 Å². The third-order valence-corrected chi connectivity index (χ3v) is 5.38. The van der Waals surface area contributed by atoms with Gasteiger partial charge in [-0.2, -0.15) is 0 Å². The van der Waals surface area contributed by atoms with Crippen molar-refractivity contribution in [2.75, 3.05) is 6.61 Å². The Morgan fingerprint density at radius 2 is 2.29 bits per heavy atom. The van der Waals surface area contributed by atoms with Crippen molar-refractivity contribution in [2.24, 2.45) is 11.8 Å². The summed E-state index contributed by atoms with van der Waals surface area (Å²) < 4.78 is 11.5. The third kappa shape index (κ3) is 2.56. The van der Waals surface area contributed by atoms with E-state index in [4.69, 9.17) is 15.3 Å². The Kier molecular flexibility index (Phi) is 3.61. The minimum atomic E-state index is 0.366. The molecular formula is C17H24N2O2. The molecule has 1 aromatic carbocycles. The highest BCUT2D eigenvalue weighted by atomic mass is 16.5. The summed E-state index contributed by atoms with van der Waals surface area (Å²) in [4.78, 5) is 0. The Morgan fingerprint density at radius 1 is 1.33 bits per heavy atom. The average molecular weight is 288 g/mol. The van der Waals surface area contributed by atoms with Crippen LogP contribution in [0.5, 0.6) is 5.75 Å². The standard InChI is InChI=1S/C17H24N2O2/c18-19-15(14-10-13-3-6-17(14)21-13)4-1-11-2-5-16-12(9-11)7-8-20-16/h2,5,9,13-15,17,19H,1,3-4,6-8,10,18H2. The second kappa shape index (κ2) is 5.59. The van der Waals surface area contributed by atoms with Crippen molar-refractivity contribution < 1.29 is 9.47 Å². The number of nitrogens with two attached hydrogens (primary N) is 1. The topological polar surface area (TPSA) is 56.5 Å². The van der Waals surface area contributed by atoms with Gasteiger partial charge >= 0.3 is 0 Å². The molecule has 2 saturated heterocycles. The predicted molar refractivity (Wildman–Crippen MR) is 81.1 cm³/mol. The van der Waals surface area contributed by atoms with Crippen LogP contribution in [-0.2, 0) is 17.6 Å². The molecule has 0 saturated carbocycles. The first-order valence-electron chi connectivity index (χ1n) is 8.19. The lowest BCUT2D eigenvalue weighted by Gasteiger charge is -2.28. The van der Waals surface area contributed by atoms with Crippen LogP contribution in [0.2, 0.25) is 0 Å². The second-order valence-electron chi connectivity index (χ2n) is 6.63. The van der Waals surface area contributed by atoms with Crippen molar-refractivity contribution >= 4 is 0 Å². The van der Waals surface area contributed by atoms with E-state index in [2.05, 4.69) is 23.6 Å². The normalized spacial score (nSPS) is 31.2. The monoisotopic (exact) mass is 288 g/mol. The molecule has 3 aliphatic heterocycles. The van der Waals surface area contributed by atoms with Crippen molar-refractivity contribution in [1.29, 1.82) is 0 Å². The minimum Gasteiger partial charge on any atom is -0.493 e. The van der Waals surface area contributed by atoms with Crippen LogP contribution in [0.15, 0.2) is 18.2 Å². The van der Waals surface area contributed by atoms with Crippen molar-refractivity contribution in [1.82, 2.24) is 5.43 Å². The fraction of sp³-hybridized carbons (Fsp3) is 0.647. The maximum atomic E-state index is 5.97. The van der Waals surface area contributed by atoms with E-state index >= 15 is 0 Å². The van der Waals surface area contributed by atoms with Gasteiger partial charge in [-0.15, -0.1) is 0 Å². The zero-order valence-corrected chi connectivity index (χ0v) is 12.4. The summed E-state index contributed by atoms with van der Waals surface area (Å²) in [6, 6.07) is 6.97. The highest BCUT2D eigenvalue weighted by Crippen LogP contribution is 2.41. The van der Waals surface area contributed by atoms with Gasteiger partial charge in [-0.25, -0.2) is 0 Å². The highest BCUT2D eigenvalue weighted by molar-refractivity contribution is 5.39. The van der Waals surface area contributed by atoms with Crippen LogP contribution in [0.1, 0.15) is 36.8 Å². The number of benzene rings is 1. The molecular weight excluding hydrogens is 264 g/mol. The molecule has 2 bridgehead atoms. The molecule has 3 N–H and O–H groups in total. The van der Waals surface area contributed by atoms with Gasteiger partial charge in [-0.05, 0) is 49.3 Å². The minimum absolute atomic E-state index is 0.366. The molecule has 0 spiro atoms. The largest absolute Gasteiger partial charge is 0.493 e. The van der Waals surface area contributed by atoms with Gasteiger partial charge < -0.3 is 9.47 Å². The predicted octanol–water partition coefficient (Wildman–Crippen LogP) is 1.95. The molecule has 0 radical (unpaired) electrons. The van der Waals surface area contributed by atoms with Crippen LogP contribution in [0.25, 0.3) is 0 Å². The molecule has 114 valence electrons. The smallest absolute Gasteiger partial charge is 0.122 e. The Balaban J connectivity index is 1.38. The SMILES string of the molecule is NNC(CCc1ccc2c(c1)CCO2)C1CC2CCC1O2. The summed E-state index contributed by atoms with van der Waals surface area (Å²) in [5, 5.41) is 0. The van der Waals surface area contributed by atoms with Crippen LogP contribution in [0, 0.1) is 5.92 Å². The number of hydrogen-bond acceptors (Lipinski definition) is 4. The zero-order chi connectivity index (χ0) is 14.2. The zero-order valence-electron chi connectivity index (χ0n) is 12.4. The molecule has 0 aromatic heterocycles. The average Bonchev–Trinajstić information content (AvgIpc) is 3.23. The first-order valence-corrected chi connectivity index (χ1v) is 8.19. The van der Waals surface area contributed by atoms with Gasteiger partial charge in [0.1, 0.15) is 5.75 Å². The van der Waals surface area contributed by atoms with Gasteiger partial charge in [0.2, 0.25) is 0 Å². The van der Waals surface area contributed by atoms with E-state index < -0.39 is 0 Å². The van der Waals surface area contributed by atoms with Gasteiger partial charge in [-0.1, -0.05) is 12.1 Å². The molecule has 4 nitrogen and oxygen atoms in total. The number of fused-ring (bicyclic) bond motifs is 3. The highest BCUT2D eigenvalue weighted by Gasteiger charge is 2.43. The molecule has 1 aromatic rings. The molecule has 4 atom stereocenters. The number of rotatable bonds is 5. The molecule has 3 heterocycles. The van der Waals surface area contributed by atoms with Crippen molar-refractivity contribution in [2.45, 2.75) is 56.8 Å². The number of aryl methyl sites for hydroxylation is 1. The van der Waals surface area contributed by atoms with Gasteiger partial charge in [0, 0.05) is 18.4 Å². The summed E-state index contributed by atoms with van der Waals surface area (Å²) in [5.41, 5.74) is 5.79. The van der Waals surface area contributed by atoms with E-state index in [0.29, 0.717) is 24.2 Å². The Hall–Kier alpha value is -1.10. The molecule has 3 aliphatic rings. The van der Waals surface area contributed by atoms with Crippen molar-refractivity contribution in [3.63, 3.8) is 0 Å². The molecule has 21 heavy (non-hydrogen) atoms. The lowest BCUT2D eigenvalue weighted by molar-refractivity contribution is 0.0850. The van der Waals surface area contributed by atoms with Crippen molar-refractivity contribution in [3.05, 3.63) is 29.3 Å². The summed E-state index contributed by atoms with van der Waals surface area (Å²) in [6.07, 6.45) is 7.74. The van der Waals surface area contributed by atoms with Crippen LogP contribution >= 0.6 is 0 Å². The number of ether oxygens (including phenoxy) is 2. The van der Waals surface area contributed by atoms with Crippen LogP contribution in [0.4, 0.5) is 0 Å². The van der Waals surface area contributed by atoms with E-state index in [0.717, 1.165) is 31.6 Å². The quantitative estimate of drug-likeness (QED) is 0.642. The third-order valence-electron chi connectivity index (χ3n) is 5.38. The Labute approximate surface area is 126 Å². The lowest BCUT2D eigenvalue weighted by Crippen LogP contribution is -2.44. The summed E-state index contributed by atoms with van der Waals surface area (Å²) in [6.45, 7) is 0.828. The molecule has 0 aliphatic carbocycles. The first-order chi connectivity index (χ1) is 10.3. The van der Waals surface area contributed by atoms with E-state index in [-0.39, 0.29) is 0 Å². The van der Waals surface area contributed by atoms with Crippen molar-refractivity contribution in [3.8, 4) is 5.75 Å². The van der Waals surface area contributed by atoms with Gasteiger partial charge in [0.15, 0.2) is 0 Å². The maximum Gasteiger partial charge on any atom is 0.122 e. The fourth-order valence-corrected chi connectivity index (χ4v) is 4.24. The van der Waals surface area contributed by atoms with E-state index in [1.165, 1.54) is 30.4 Å². The number of hydrogen-bond donors (Lipinski definition) is 2. The summed E-state index contributed by atoms with van der Waals surface area (Å²) in [7, 11) is 0. The van der Waals surface area contributed by atoms with E-state index in [1.807, 2.05) is 0 Å². The van der Waals surface area contributed by atoms with Gasteiger partial charge in [-0.3, -0.25) is 11.3 Å². The van der Waals surface area contributed by atoms with E-state index in [9.17, 15) is 0 Å². The Morgan fingerprint density at radius 3 is 3.05 bits per heavy atom. The lowest BCUT2D eigenvalue weighted by atomic mass is 9.82. The Bertz CT molecular complexity index is 520. The molecule has 0 amide bonds. The first kappa shape index (κ1) is 13.6. The molecule has 4 unspecified atom stereocenters. The van der Waals surface area contributed by atoms with Crippen LogP contribution < -0.4 is 16.0 Å². The molecule has 4 rings (SSSR count). The number of hydrazine groups is 1. The van der Waals surface area contributed by atoms with Gasteiger partial charge in [0.05, 0.1) is 18.8 Å². The summed E-state index contributed by atoms with van der Waals surface area (Å²) >= 11 is 0. The summed E-state index contributed by atoms with van der Waals surface area (Å²) in [5.74, 6) is 7.47. The van der Waals surface area contributed by atoms with Crippen LogP contribution in [-0.4, -0.2) is 24.9 Å². The van der Waals surface area contributed by atoms with Crippen LogP contribution in [0.3, 0.4) is 0 Å². The van der Waals surface area contributed by atoms with Gasteiger partial charge in [0.25, 0.3) is 0 Å². The fourth-order valence-electron chi connectivity index (χ4n) is 4.24.